The number of aromatic amines is 1. The fourth-order valence-corrected chi connectivity index (χ4v) is 3.60. The predicted octanol–water partition coefficient (Wildman–Crippen LogP) is 3.08. The van der Waals surface area contributed by atoms with Gasteiger partial charge in [-0.3, -0.25) is 19.1 Å². The molecule has 4 atom stereocenters. The van der Waals surface area contributed by atoms with Crippen molar-refractivity contribution in [2.45, 2.75) is 70.5 Å². The monoisotopic (exact) mass is 446 g/mol. The van der Waals surface area contributed by atoms with Crippen molar-refractivity contribution >= 4 is 18.2 Å². The molecule has 170 valence electrons. The minimum atomic E-state index is -1.48. The molecule has 0 radical (unpaired) electrons. The second kappa shape index (κ2) is 11.7. The van der Waals surface area contributed by atoms with Crippen molar-refractivity contribution in [1.29, 1.82) is 0 Å². The maximum Gasteiger partial charge on any atom is 0.303 e. The number of esters is 1. The van der Waals surface area contributed by atoms with Crippen molar-refractivity contribution in [3.8, 4) is 0 Å². The van der Waals surface area contributed by atoms with E-state index in [0.717, 1.165) is 25.7 Å². The molecule has 0 spiro atoms. The van der Waals surface area contributed by atoms with Gasteiger partial charge >= 0.3 is 5.97 Å². The molecule has 0 aromatic carbocycles. The molecular formula is C20H31FN2O6S. The first kappa shape index (κ1) is 24.6. The summed E-state index contributed by atoms with van der Waals surface area (Å²) in [4.78, 5) is 25.9. The van der Waals surface area contributed by atoms with Crippen LogP contribution in [0.4, 0.5) is 4.39 Å². The number of carbonyl (C=O) groups is 1. The first-order valence-electron chi connectivity index (χ1n) is 10.3. The van der Waals surface area contributed by atoms with E-state index in [4.69, 9.17) is 31.2 Å². The van der Waals surface area contributed by atoms with Crippen LogP contribution in [-0.4, -0.2) is 59.8 Å². The Hall–Kier alpha value is -1.62. The van der Waals surface area contributed by atoms with Crippen molar-refractivity contribution < 1.29 is 28.1 Å². The van der Waals surface area contributed by atoms with Gasteiger partial charge in [-0.15, -0.1) is 0 Å². The number of hydrogen-bond acceptors (Lipinski definition) is 7. The van der Waals surface area contributed by atoms with E-state index in [-0.39, 0.29) is 16.9 Å². The van der Waals surface area contributed by atoms with Crippen LogP contribution in [0, 0.1) is 4.77 Å². The molecule has 30 heavy (non-hydrogen) atoms. The van der Waals surface area contributed by atoms with Crippen LogP contribution in [0.3, 0.4) is 0 Å². The van der Waals surface area contributed by atoms with Gasteiger partial charge in [0, 0.05) is 32.4 Å². The summed E-state index contributed by atoms with van der Waals surface area (Å²) in [6.45, 7) is 5.14. The van der Waals surface area contributed by atoms with Crippen LogP contribution in [0.2, 0.25) is 0 Å². The van der Waals surface area contributed by atoms with E-state index >= 15 is 0 Å². The van der Waals surface area contributed by atoms with Crippen LogP contribution in [-0.2, 0) is 23.7 Å². The molecule has 0 amide bonds. The second-order valence-electron chi connectivity index (χ2n) is 7.35. The number of carbonyl (C=O) groups excluding carboxylic acids is 1. The minimum Gasteiger partial charge on any atom is -0.455 e. The maximum atomic E-state index is 14.5. The quantitative estimate of drug-likeness (QED) is 0.300. The smallest absolute Gasteiger partial charge is 0.303 e. The van der Waals surface area contributed by atoms with E-state index in [2.05, 4.69) is 4.98 Å². The molecule has 8 nitrogen and oxygen atoms in total. The number of unbranched alkanes of at least 4 members (excludes halogenated alkanes) is 2. The summed E-state index contributed by atoms with van der Waals surface area (Å²) in [5.74, 6) is -0.560. The highest BCUT2D eigenvalue weighted by Crippen LogP contribution is 2.41. The van der Waals surface area contributed by atoms with E-state index in [1.165, 1.54) is 23.8 Å². The summed E-state index contributed by atoms with van der Waals surface area (Å²) >= 11 is 5.24. The van der Waals surface area contributed by atoms with Crippen LogP contribution >= 0.6 is 12.2 Å². The van der Waals surface area contributed by atoms with Crippen LogP contribution in [0.25, 0.3) is 0 Å². The lowest BCUT2D eigenvalue weighted by Gasteiger charge is -2.32. The minimum absolute atomic E-state index is 0.0643. The maximum absolute atomic E-state index is 14.5. The molecule has 2 rings (SSSR count). The zero-order valence-electron chi connectivity index (χ0n) is 17.7. The Bertz CT molecular complexity index is 800. The Balaban J connectivity index is 2.43. The van der Waals surface area contributed by atoms with Gasteiger partial charge in [-0.1, -0.05) is 26.7 Å². The Morgan fingerprint density at radius 2 is 2.03 bits per heavy atom. The van der Waals surface area contributed by atoms with Gasteiger partial charge in [0.25, 0.3) is 5.56 Å². The molecule has 1 unspecified atom stereocenters. The molecule has 0 saturated carbocycles. The van der Waals surface area contributed by atoms with Crippen LogP contribution in [0.15, 0.2) is 17.1 Å². The van der Waals surface area contributed by atoms with Crippen molar-refractivity contribution in [2.75, 3.05) is 26.5 Å². The Morgan fingerprint density at radius 1 is 1.33 bits per heavy atom. The fraction of sp³-hybridized carbons (Fsp3) is 0.750. The Kier molecular flexibility index (Phi) is 9.60. The van der Waals surface area contributed by atoms with E-state index < -0.39 is 36.7 Å². The molecule has 1 aliphatic rings. The van der Waals surface area contributed by atoms with E-state index in [9.17, 15) is 14.0 Å². The number of nitrogens with zero attached hydrogens (tertiary/aromatic N) is 1. The van der Waals surface area contributed by atoms with Crippen LogP contribution in [0.1, 0.15) is 52.7 Å². The Morgan fingerprint density at radius 3 is 2.63 bits per heavy atom. The molecule has 10 heteroatoms. The van der Waals surface area contributed by atoms with Crippen molar-refractivity contribution in [3.05, 3.63) is 27.4 Å². The largest absolute Gasteiger partial charge is 0.455 e. The molecule has 1 aromatic heterocycles. The SMILES string of the molecule is CCCCOC[C@@]1(CF)O[C@@H](n2ccc(=O)[nH]c2=S)C(OC(C)=O)[C@@H]1OCCCC. The number of halogens is 1. The highest BCUT2D eigenvalue weighted by Gasteiger charge is 2.59. The third kappa shape index (κ3) is 5.96. The van der Waals surface area contributed by atoms with Crippen molar-refractivity contribution in [1.82, 2.24) is 9.55 Å². The highest BCUT2D eigenvalue weighted by atomic mass is 32.1. The standard InChI is InChI=1S/C20H31FN2O6S/c1-4-6-10-26-13-20(12-21)17(27-11-7-5-2)16(28-14(3)24)18(29-20)23-9-8-15(25)22-19(23)30/h8-9,16-18H,4-7,10-13H2,1-3H3,(H,22,25,30)/t16?,17-,18+,20+/m0/s1. The fourth-order valence-electron chi connectivity index (χ4n) is 3.33. The van der Waals surface area contributed by atoms with Gasteiger partial charge in [0.05, 0.1) is 6.61 Å². The third-order valence-corrected chi connectivity index (χ3v) is 5.20. The molecule has 0 aliphatic carbocycles. The molecule has 1 saturated heterocycles. The summed E-state index contributed by atoms with van der Waals surface area (Å²) in [5.41, 5.74) is -1.86. The van der Waals surface area contributed by atoms with E-state index in [1.54, 1.807) is 0 Å². The number of hydrogen-bond donors (Lipinski definition) is 1. The van der Waals surface area contributed by atoms with Gasteiger partial charge in [-0.2, -0.15) is 0 Å². The average Bonchev–Trinajstić information content (AvgIpc) is 2.99. The van der Waals surface area contributed by atoms with Gasteiger partial charge in [0.1, 0.15) is 12.8 Å². The van der Waals surface area contributed by atoms with Crippen molar-refractivity contribution in [3.63, 3.8) is 0 Å². The summed E-state index contributed by atoms with van der Waals surface area (Å²) in [7, 11) is 0. The number of aromatic nitrogens is 2. The van der Waals surface area contributed by atoms with Gasteiger partial charge in [0.15, 0.2) is 22.7 Å². The summed E-state index contributed by atoms with van der Waals surface area (Å²) < 4.78 is 39.3. The Labute approximate surface area is 180 Å². The summed E-state index contributed by atoms with van der Waals surface area (Å²) in [6.07, 6.45) is 1.98. The second-order valence-corrected chi connectivity index (χ2v) is 7.74. The third-order valence-electron chi connectivity index (χ3n) is 4.89. The van der Waals surface area contributed by atoms with Crippen LogP contribution in [0.5, 0.6) is 0 Å². The van der Waals surface area contributed by atoms with Gasteiger partial charge < -0.3 is 18.9 Å². The molecule has 1 aliphatic heterocycles. The molecular weight excluding hydrogens is 415 g/mol. The van der Waals surface area contributed by atoms with Gasteiger partial charge in [0.2, 0.25) is 0 Å². The first-order chi connectivity index (χ1) is 14.4. The lowest BCUT2D eigenvalue weighted by molar-refractivity contribution is -0.161. The van der Waals surface area contributed by atoms with Crippen LogP contribution < -0.4 is 5.56 Å². The molecule has 0 bridgehead atoms. The number of ether oxygens (including phenoxy) is 4. The normalized spacial score (nSPS) is 26.1. The summed E-state index contributed by atoms with van der Waals surface area (Å²) in [6, 6.07) is 1.27. The van der Waals surface area contributed by atoms with E-state index in [1.807, 2.05) is 13.8 Å². The number of nitrogens with one attached hydrogen (secondary N) is 1. The summed E-state index contributed by atoms with van der Waals surface area (Å²) in [5, 5.41) is 0. The molecule has 1 fully saturated rings. The average molecular weight is 447 g/mol. The first-order valence-corrected chi connectivity index (χ1v) is 10.7. The molecule has 2 heterocycles. The van der Waals surface area contributed by atoms with E-state index in [0.29, 0.717) is 13.2 Å². The highest BCUT2D eigenvalue weighted by molar-refractivity contribution is 7.71. The number of rotatable bonds is 12. The predicted molar refractivity (Wildman–Crippen MR) is 111 cm³/mol. The lowest BCUT2D eigenvalue weighted by Crippen LogP contribution is -2.51. The van der Waals surface area contributed by atoms with Gasteiger partial charge in [-0.05, 0) is 25.1 Å². The zero-order chi connectivity index (χ0) is 22.1. The van der Waals surface area contributed by atoms with Crippen molar-refractivity contribution in [2.24, 2.45) is 0 Å². The number of H-pyrrole nitrogens is 1. The zero-order valence-corrected chi connectivity index (χ0v) is 18.5. The van der Waals surface area contributed by atoms with Gasteiger partial charge in [-0.25, -0.2) is 4.39 Å². The topological polar surface area (TPSA) is 91.8 Å². The molecule has 1 N–H and O–H groups in total. The number of alkyl halides is 1. The molecule has 1 aromatic rings. The lowest BCUT2D eigenvalue weighted by atomic mass is 9.96.